The predicted octanol–water partition coefficient (Wildman–Crippen LogP) is 4.46. The van der Waals surface area contributed by atoms with Crippen LogP contribution >= 0.6 is 15.9 Å². The summed E-state index contributed by atoms with van der Waals surface area (Å²) < 4.78 is 14.6. The maximum Gasteiger partial charge on any atom is 0.338 e. The Kier molecular flexibility index (Phi) is 4.96. The number of anilines is 1. The Balaban J connectivity index is 2.13. The second-order valence-corrected chi connectivity index (χ2v) is 5.54. The molecule has 21 heavy (non-hydrogen) atoms. The van der Waals surface area contributed by atoms with E-state index in [2.05, 4.69) is 28.2 Å². The molecule has 0 atom stereocenters. The molecule has 2 aromatic rings. The molecule has 110 valence electrons. The van der Waals surface area contributed by atoms with Crippen LogP contribution in [0.3, 0.4) is 0 Å². The zero-order valence-corrected chi connectivity index (χ0v) is 13.1. The van der Waals surface area contributed by atoms with E-state index >= 15 is 0 Å². The average Bonchev–Trinajstić information content (AvgIpc) is 2.45. The van der Waals surface area contributed by atoms with E-state index < -0.39 is 11.8 Å². The van der Waals surface area contributed by atoms with Crippen LogP contribution in [0.4, 0.5) is 10.1 Å². The topological polar surface area (TPSA) is 49.3 Å². The molecule has 0 fully saturated rings. The number of aromatic carboxylic acids is 1. The van der Waals surface area contributed by atoms with Crippen LogP contribution in [0.15, 0.2) is 40.9 Å². The molecule has 2 rings (SSSR count). The molecule has 0 aliphatic carbocycles. The fourth-order valence-corrected chi connectivity index (χ4v) is 2.48. The first kappa shape index (κ1) is 15.5. The smallest absolute Gasteiger partial charge is 0.338 e. The van der Waals surface area contributed by atoms with E-state index in [1.165, 1.54) is 12.1 Å². The summed E-state index contributed by atoms with van der Waals surface area (Å²) in [7, 11) is 0. The van der Waals surface area contributed by atoms with Crippen molar-refractivity contribution >= 4 is 27.6 Å². The summed E-state index contributed by atoms with van der Waals surface area (Å²) in [6, 6.07) is 10.1. The Hall–Kier alpha value is -1.88. The van der Waals surface area contributed by atoms with Gasteiger partial charge in [-0.3, -0.25) is 0 Å². The molecule has 0 radical (unpaired) electrons. The highest BCUT2D eigenvalue weighted by atomic mass is 79.9. The number of carboxylic acids is 1. The summed E-state index contributed by atoms with van der Waals surface area (Å²) in [5, 5.41) is 12.0. The van der Waals surface area contributed by atoms with Gasteiger partial charge < -0.3 is 10.4 Å². The Morgan fingerprint density at radius 3 is 2.67 bits per heavy atom. The molecule has 0 aliphatic heterocycles. The lowest BCUT2D eigenvalue weighted by Crippen LogP contribution is -2.05. The van der Waals surface area contributed by atoms with Gasteiger partial charge in [-0.05, 0) is 47.9 Å². The largest absolute Gasteiger partial charge is 0.478 e. The molecule has 0 heterocycles. The number of aryl methyl sites for hydroxylation is 1. The number of hydrogen-bond donors (Lipinski definition) is 2. The highest BCUT2D eigenvalue weighted by molar-refractivity contribution is 9.10. The van der Waals surface area contributed by atoms with E-state index in [-0.39, 0.29) is 5.56 Å². The van der Waals surface area contributed by atoms with Gasteiger partial charge in [0.2, 0.25) is 0 Å². The third-order valence-electron chi connectivity index (χ3n) is 3.20. The van der Waals surface area contributed by atoms with Crippen molar-refractivity contribution in [2.75, 3.05) is 5.32 Å². The van der Waals surface area contributed by atoms with E-state index in [0.717, 1.165) is 22.1 Å². The number of carboxylic acid groups (broad SMARTS) is 1. The van der Waals surface area contributed by atoms with Gasteiger partial charge in [-0.1, -0.05) is 28.9 Å². The first-order chi connectivity index (χ1) is 10.0. The van der Waals surface area contributed by atoms with Crippen molar-refractivity contribution in [1.29, 1.82) is 0 Å². The monoisotopic (exact) mass is 351 g/mol. The normalized spacial score (nSPS) is 10.4. The van der Waals surface area contributed by atoms with Crippen LogP contribution in [-0.2, 0) is 13.0 Å². The summed E-state index contributed by atoms with van der Waals surface area (Å²) in [5.41, 5.74) is 2.54. The van der Waals surface area contributed by atoms with Gasteiger partial charge in [0.1, 0.15) is 5.82 Å². The SMILES string of the molecule is CCc1cc(Br)ccc1NCc1ccc(C(=O)O)c(F)c1. The third-order valence-corrected chi connectivity index (χ3v) is 3.69. The molecular formula is C16H15BrFNO2. The molecule has 3 nitrogen and oxygen atoms in total. The summed E-state index contributed by atoms with van der Waals surface area (Å²) >= 11 is 3.43. The Morgan fingerprint density at radius 1 is 1.29 bits per heavy atom. The van der Waals surface area contributed by atoms with Crippen molar-refractivity contribution < 1.29 is 14.3 Å². The van der Waals surface area contributed by atoms with Gasteiger partial charge >= 0.3 is 5.97 Å². The van der Waals surface area contributed by atoms with E-state index in [9.17, 15) is 9.18 Å². The van der Waals surface area contributed by atoms with Crippen LogP contribution in [-0.4, -0.2) is 11.1 Å². The van der Waals surface area contributed by atoms with E-state index in [1.807, 2.05) is 18.2 Å². The van der Waals surface area contributed by atoms with Gasteiger partial charge in [0.15, 0.2) is 0 Å². The molecule has 0 aliphatic rings. The lowest BCUT2D eigenvalue weighted by Gasteiger charge is -2.12. The second kappa shape index (κ2) is 6.72. The highest BCUT2D eigenvalue weighted by Gasteiger charge is 2.10. The van der Waals surface area contributed by atoms with Crippen LogP contribution in [0.25, 0.3) is 0 Å². The Bertz CT molecular complexity index is 673. The molecular weight excluding hydrogens is 337 g/mol. The van der Waals surface area contributed by atoms with Gasteiger partial charge in [-0.15, -0.1) is 0 Å². The molecule has 2 aromatic carbocycles. The number of nitrogens with one attached hydrogen (secondary N) is 1. The van der Waals surface area contributed by atoms with Crippen molar-refractivity contribution in [3.63, 3.8) is 0 Å². The maximum absolute atomic E-state index is 13.6. The summed E-state index contributed by atoms with van der Waals surface area (Å²) in [5.74, 6) is -1.97. The molecule has 0 unspecified atom stereocenters. The van der Waals surface area contributed by atoms with Gasteiger partial charge in [0.05, 0.1) is 5.56 Å². The Labute approximate surface area is 130 Å². The highest BCUT2D eigenvalue weighted by Crippen LogP contribution is 2.22. The number of hydrogen-bond acceptors (Lipinski definition) is 2. The molecule has 0 aromatic heterocycles. The van der Waals surface area contributed by atoms with Crippen LogP contribution in [0.1, 0.15) is 28.4 Å². The Morgan fingerprint density at radius 2 is 2.05 bits per heavy atom. The third kappa shape index (κ3) is 3.82. The first-order valence-corrected chi connectivity index (χ1v) is 7.34. The average molecular weight is 352 g/mol. The molecule has 0 bridgehead atoms. The van der Waals surface area contributed by atoms with Crippen LogP contribution in [0, 0.1) is 5.82 Å². The zero-order valence-electron chi connectivity index (χ0n) is 11.5. The first-order valence-electron chi connectivity index (χ1n) is 6.55. The fourth-order valence-electron chi connectivity index (χ4n) is 2.07. The van der Waals surface area contributed by atoms with Crippen molar-refractivity contribution in [2.45, 2.75) is 19.9 Å². The summed E-state index contributed by atoms with van der Waals surface area (Å²) in [6.07, 6.45) is 0.883. The number of halogens is 2. The van der Waals surface area contributed by atoms with Gasteiger partial charge in [0, 0.05) is 16.7 Å². The van der Waals surface area contributed by atoms with Gasteiger partial charge in [0.25, 0.3) is 0 Å². The van der Waals surface area contributed by atoms with Gasteiger partial charge in [-0.2, -0.15) is 0 Å². The maximum atomic E-state index is 13.6. The van der Waals surface area contributed by atoms with E-state index in [4.69, 9.17) is 5.11 Å². The zero-order chi connectivity index (χ0) is 15.4. The molecule has 0 amide bonds. The van der Waals surface area contributed by atoms with E-state index in [0.29, 0.717) is 12.1 Å². The second-order valence-electron chi connectivity index (χ2n) is 4.63. The number of benzene rings is 2. The standard InChI is InChI=1S/C16H15BrFNO2/c1-2-11-8-12(17)4-6-15(11)19-9-10-3-5-13(16(20)21)14(18)7-10/h3-8,19H,2,9H2,1H3,(H,20,21). The molecule has 0 saturated carbocycles. The van der Waals surface area contributed by atoms with Crippen LogP contribution in [0.2, 0.25) is 0 Å². The van der Waals surface area contributed by atoms with E-state index in [1.54, 1.807) is 6.07 Å². The molecule has 5 heteroatoms. The number of rotatable bonds is 5. The summed E-state index contributed by atoms with van der Waals surface area (Å²) in [6.45, 7) is 2.50. The molecule has 0 saturated heterocycles. The minimum absolute atomic E-state index is 0.309. The minimum atomic E-state index is -1.26. The van der Waals surface area contributed by atoms with Crippen molar-refractivity contribution in [1.82, 2.24) is 0 Å². The van der Waals surface area contributed by atoms with Gasteiger partial charge in [-0.25, -0.2) is 9.18 Å². The summed E-state index contributed by atoms with van der Waals surface area (Å²) in [4.78, 5) is 10.8. The lowest BCUT2D eigenvalue weighted by atomic mass is 10.1. The molecule has 2 N–H and O–H groups in total. The fraction of sp³-hybridized carbons (Fsp3) is 0.188. The number of carbonyl (C=O) groups is 1. The quantitative estimate of drug-likeness (QED) is 0.835. The molecule has 0 spiro atoms. The predicted molar refractivity (Wildman–Crippen MR) is 84.2 cm³/mol. The lowest BCUT2D eigenvalue weighted by molar-refractivity contribution is 0.0692. The minimum Gasteiger partial charge on any atom is -0.478 e. The van der Waals surface area contributed by atoms with Crippen molar-refractivity contribution in [3.05, 3.63) is 63.4 Å². The van der Waals surface area contributed by atoms with Crippen molar-refractivity contribution in [3.8, 4) is 0 Å². The van der Waals surface area contributed by atoms with Crippen molar-refractivity contribution in [2.24, 2.45) is 0 Å². The van der Waals surface area contributed by atoms with Crippen LogP contribution in [0.5, 0.6) is 0 Å². The van der Waals surface area contributed by atoms with Crippen LogP contribution < -0.4 is 5.32 Å².